The van der Waals surface area contributed by atoms with Crippen LogP contribution in [-0.4, -0.2) is 33.6 Å². The minimum absolute atomic E-state index is 0.0337. The zero-order valence-electron chi connectivity index (χ0n) is 20.1. The van der Waals surface area contributed by atoms with Crippen molar-refractivity contribution in [2.24, 2.45) is 0 Å². The van der Waals surface area contributed by atoms with Crippen LogP contribution in [0.4, 0.5) is 0 Å². The number of nitrogens with zero attached hydrogens (tertiary/aromatic N) is 2. The van der Waals surface area contributed by atoms with Gasteiger partial charge in [0.25, 0.3) is 0 Å². The Labute approximate surface area is 206 Å². The normalized spacial score (nSPS) is 14.2. The molecule has 1 saturated heterocycles. The van der Waals surface area contributed by atoms with Crippen LogP contribution in [0.15, 0.2) is 31.0 Å². The average Bonchev–Trinajstić information content (AvgIpc) is 2.73. The number of halogens is 1. The molecule has 1 aromatic carbocycles. The van der Waals surface area contributed by atoms with E-state index >= 15 is 0 Å². The maximum atomic E-state index is 11.4. The molecular formula is C25H34ClN3O3S. The SMILES string of the molecule is C=C(NSN1CCC1)c1cc(C(O)(CC)CC)c(Oc2cnc(OC(C)C)c(Cl)c2)cc1C. The first kappa shape index (κ1) is 25.7. The molecule has 0 aliphatic carbocycles. The van der Waals surface area contributed by atoms with Gasteiger partial charge in [0.2, 0.25) is 5.88 Å². The third-order valence-electron chi connectivity index (χ3n) is 5.79. The summed E-state index contributed by atoms with van der Waals surface area (Å²) < 4.78 is 17.4. The number of pyridine rings is 1. The quantitative estimate of drug-likeness (QED) is 0.349. The van der Waals surface area contributed by atoms with Crippen molar-refractivity contribution in [2.45, 2.75) is 65.6 Å². The Hall–Kier alpha value is -1.93. The van der Waals surface area contributed by atoms with E-state index in [1.165, 1.54) is 6.42 Å². The van der Waals surface area contributed by atoms with Crippen molar-refractivity contribution in [3.8, 4) is 17.4 Å². The van der Waals surface area contributed by atoms with Crippen molar-refractivity contribution in [3.63, 3.8) is 0 Å². The molecule has 0 unspecified atom stereocenters. The predicted octanol–water partition coefficient (Wildman–Crippen LogP) is 6.46. The molecule has 3 rings (SSSR count). The van der Waals surface area contributed by atoms with Crippen LogP contribution in [0, 0.1) is 6.92 Å². The first-order valence-corrected chi connectivity index (χ1v) is 12.6. The number of aliphatic hydroxyl groups is 1. The Kier molecular flexibility index (Phi) is 8.56. The highest BCUT2D eigenvalue weighted by atomic mass is 35.5. The number of ether oxygens (including phenoxy) is 2. The maximum absolute atomic E-state index is 11.4. The van der Waals surface area contributed by atoms with Gasteiger partial charge in [-0.1, -0.05) is 32.0 Å². The third kappa shape index (κ3) is 6.15. The van der Waals surface area contributed by atoms with Crippen LogP contribution in [-0.2, 0) is 5.60 Å². The van der Waals surface area contributed by atoms with E-state index in [0.29, 0.717) is 40.8 Å². The van der Waals surface area contributed by atoms with E-state index in [-0.39, 0.29) is 6.10 Å². The van der Waals surface area contributed by atoms with Gasteiger partial charge in [0.05, 0.1) is 17.9 Å². The lowest BCUT2D eigenvalue weighted by Crippen LogP contribution is -2.33. The predicted molar refractivity (Wildman–Crippen MR) is 137 cm³/mol. The summed E-state index contributed by atoms with van der Waals surface area (Å²) in [5.74, 6) is 1.41. The summed E-state index contributed by atoms with van der Waals surface area (Å²) in [6.45, 7) is 16.2. The molecule has 0 amide bonds. The lowest BCUT2D eigenvalue weighted by Gasteiger charge is -2.31. The Morgan fingerprint density at radius 3 is 2.55 bits per heavy atom. The molecule has 1 fully saturated rings. The zero-order valence-corrected chi connectivity index (χ0v) is 21.6. The minimum atomic E-state index is -1.04. The fourth-order valence-corrected chi connectivity index (χ4v) is 4.53. The van der Waals surface area contributed by atoms with Gasteiger partial charge in [-0.15, -0.1) is 0 Å². The molecule has 2 heterocycles. The minimum Gasteiger partial charge on any atom is -0.474 e. The third-order valence-corrected chi connectivity index (χ3v) is 7.03. The topological polar surface area (TPSA) is 66.9 Å². The van der Waals surface area contributed by atoms with E-state index in [9.17, 15) is 5.11 Å². The molecule has 1 aliphatic heterocycles. The first-order valence-electron chi connectivity index (χ1n) is 11.4. The lowest BCUT2D eigenvalue weighted by molar-refractivity contribution is 0.0264. The Balaban J connectivity index is 1.93. The molecule has 2 aromatic rings. The zero-order chi connectivity index (χ0) is 24.2. The summed E-state index contributed by atoms with van der Waals surface area (Å²) in [6, 6.07) is 5.60. The van der Waals surface area contributed by atoms with Gasteiger partial charge < -0.3 is 19.3 Å². The van der Waals surface area contributed by atoms with Crippen LogP contribution in [0.3, 0.4) is 0 Å². The standard InChI is InChI=1S/C25H34ClN3O3S/c1-7-25(30,8-2)21-14-20(18(6)28-33-29-10-9-11-29)17(5)12-23(21)32-19-13-22(26)24(27-15-19)31-16(3)4/h12-16,28,30H,6-11H2,1-5H3. The number of aryl methyl sites for hydroxylation is 1. The van der Waals surface area contributed by atoms with Crippen LogP contribution in [0.1, 0.15) is 63.6 Å². The Morgan fingerprint density at radius 2 is 2.00 bits per heavy atom. The smallest absolute Gasteiger partial charge is 0.233 e. The summed E-state index contributed by atoms with van der Waals surface area (Å²) in [4.78, 5) is 4.30. The molecule has 0 saturated carbocycles. The van der Waals surface area contributed by atoms with Gasteiger partial charge in [-0.3, -0.25) is 0 Å². The second-order valence-corrected chi connectivity index (χ2v) is 9.89. The number of hydrogen-bond acceptors (Lipinski definition) is 7. The van der Waals surface area contributed by atoms with Crippen molar-refractivity contribution < 1.29 is 14.6 Å². The number of nitrogens with one attached hydrogen (secondary N) is 1. The van der Waals surface area contributed by atoms with E-state index in [2.05, 4.69) is 20.6 Å². The largest absolute Gasteiger partial charge is 0.474 e. The van der Waals surface area contributed by atoms with Crippen molar-refractivity contribution in [3.05, 3.63) is 52.7 Å². The van der Waals surface area contributed by atoms with Gasteiger partial charge in [-0.05, 0) is 57.7 Å². The molecule has 8 heteroatoms. The molecule has 33 heavy (non-hydrogen) atoms. The average molecular weight is 492 g/mol. The van der Waals surface area contributed by atoms with Crippen LogP contribution < -0.4 is 14.2 Å². The molecule has 180 valence electrons. The first-order chi connectivity index (χ1) is 15.7. The highest BCUT2D eigenvalue weighted by Crippen LogP contribution is 2.41. The van der Waals surface area contributed by atoms with E-state index in [1.54, 1.807) is 24.4 Å². The Morgan fingerprint density at radius 1 is 1.30 bits per heavy atom. The number of aromatic nitrogens is 1. The van der Waals surface area contributed by atoms with Gasteiger partial charge >= 0.3 is 0 Å². The molecule has 0 bridgehead atoms. The second-order valence-electron chi connectivity index (χ2n) is 8.58. The fraction of sp³-hybridized carbons (Fsp3) is 0.480. The van der Waals surface area contributed by atoms with E-state index in [4.69, 9.17) is 21.1 Å². The van der Waals surface area contributed by atoms with Gasteiger partial charge in [-0.2, -0.15) is 0 Å². The highest BCUT2D eigenvalue weighted by molar-refractivity contribution is 7.95. The number of hydrogen-bond donors (Lipinski definition) is 2. The highest BCUT2D eigenvalue weighted by Gasteiger charge is 2.30. The van der Waals surface area contributed by atoms with Crippen molar-refractivity contribution in [1.82, 2.24) is 14.0 Å². The molecule has 0 atom stereocenters. The summed E-state index contributed by atoms with van der Waals surface area (Å²) >= 11 is 7.92. The monoisotopic (exact) mass is 491 g/mol. The Bertz CT molecular complexity index is 991. The molecule has 1 aliphatic rings. The van der Waals surface area contributed by atoms with Crippen molar-refractivity contribution in [2.75, 3.05) is 13.1 Å². The van der Waals surface area contributed by atoms with Gasteiger partial charge in [0.1, 0.15) is 16.5 Å². The van der Waals surface area contributed by atoms with E-state index in [0.717, 1.165) is 29.9 Å². The summed E-state index contributed by atoms with van der Waals surface area (Å²) in [5, 5.41) is 11.8. The molecule has 6 nitrogen and oxygen atoms in total. The maximum Gasteiger partial charge on any atom is 0.233 e. The van der Waals surface area contributed by atoms with Crippen LogP contribution >= 0.6 is 23.7 Å². The number of rotatable bonds is 11. The van der Waals surface area contributed by atoms with E-state index in [1.807, 2.05) is 46.8 Å². The van der Waals surface area contributed by atoms with Crippen LogP contribution in [0.2, 0.25) is 5.02 Å². The molecular weight excluding hydrogens is 458 g/mol. The van der Waals surface area contributed by atoms with E-state index < -0.39 is 5.60 Å². The fourth-order valence-electron chi connectivity index (χ4n) is 3.54. The van der Waals surface area contributed by atoms with Crippen LogP contribution in [0.5, 0.6) is 17.4 Å². The van der Waals surface area contributed by atoms with Crippen molar-refractivity contribution >= 4 is 29.4 Å². The lowest BCUT2D eigenvalue weighted by atomic mass is 9.85. The van der Waals surface area contributed by atoms with Gasteiger partial charge in [0, 0.05) is 48.1 Å². The summed E-state index contributed by atoms with van der Waals surface area (Å²) in [7, 11) is 0. The second kappa shape index (κ2) is 11.0. The number of benzene rings is 1. The summed E-state index contributed by atoms with van der Waals surface area (Å²) in [5.41, 5.74) is 2.40. The van der Waals surface area contributed by atoms with Gasteiger partial charge in [0.15, 0.2) is 0 Å². The molecule has 0 radical (unpaired) electrons. The molecule has 2 N–H and O–H groups in total. The molecule has 0 spiro atoms. The van der Waals surface area contributed by atoms with Crippen LogP contribution in [0.25, 0.3) is 5.70 Å². The van der Waals surface area contributed by atoms with Crippen molar-refractivity contribution in [1.29, 1.82) is 0 Å². The van der Waals surface area contributed by atoms with Gasteiger partial charge in [-0.25, -0.2) is 9.29 Å². The summed E-state index contributed by atoms with van der Waals surface area (Å²) in [6.07, 6.45) is 3.86. The molecule has 1 aromatic heterocycles.